The molecule has 8 heteroatoms. The van der Waals surface area contributed by atoms with Gasteiger partial charge in [-0.15, -0.1) is 11.3 Å². The minimum atomic E-state index is -1.02. The molecule has 3 aromatic rings. The van der Waals surface area contributed by atoms with Crippen molar-refractivity contribution in [3.63, 3.8) is 0 Å². The second-order valence-corrected chi connectivity index (χ2v) is 6.78. The van der Waals surface area contributed by atoms with Gasteiger partial charge in [-0.3, -0.25) is 4.79 Å². The van der Waals surface area contributed by atoms with Gasteiger partial charge < -0.3 is 10.1 Å². The molecule has 0 fully saturated rings. The molecule has 1 atom stereocenters. The Morgan fingerprint density at radius 2 is 1.64 bits per heavy atom. The van der Waals surface area contributed by atoms with Gasteiger partial charge in [-0.25, -0.2) is 18.0 Å². The molecule has 3 rings (SSSR count). The summed E-state index contributed by atoms with van der Waals surface area (Å²) in [5.74, 6) is -3.90. The van der Waals surface area contributed by atoms with Crippen LogP contribution in [0.2, 0.25) is 0 Å². The van der Waals surface area contributed by atoms with E-state index in [2.05, 4.69) is 5.32 Å². The first-order valence-electron chi connectivity index (χ1n) is 8.14. The van der Waals surface area contributed by atoms with Gasteiger partial charge in [0, 0.05) is 10.9 Å². The largest absolute Gasteiger partial charge is 0.452 e. The monoisotopic (exact) mass is 405 g/mol. The number of amides is 1. The number of benzene rings is 2. The van der Waals surface area contributed by atoms with Crippen molar-refractivity contribution in [1.82, 2.24) is 5.32 Å². The van der Waals surface area contributed by atoms with Gasteiger partial charge in [-0.05, 0) is 41.3 Å². The van der Waals surface area contributed by atoms with Crippen LogP contribution >= 0.6 is 11.3 Å². The fourth-order valence-corrected chi connectivity index (χ4v) is 3.32. The van der Waals surface area contributed by atoms with E-state index in [0.29, 0.717) is 11.6 Å². The highest BCUT2D eigenvalue weighted by Gasteiger charge is 2.19. The van der Waals surface area contributed by atoms with E-state index in [-0.39, 0.29) is 5.56 Å². The fraction of sp³-hybridized carbons (Fsp3) is 0.100. The third kappa shape index (κ3) is 4.98. The van der Waals surface area contributed by atoms with Crippen molar-refractivity contribution in [3.8, 4) is 0 Å². The molecule has 2 aromatic carbocycles. The highest BCUT2D eigenvalue weighted by Crippen LogP contribution is 2.26. The van der Waals surface area contributed by atoms with Gasteiger partial charge in [-0.2, -0.15) is 0 Å². The average molecular weight is 405 g/mol. The summed E-state index contributed by atoms with van der Waals surface area (Å²) in [6, 6.07) is 11.0. The number of nitrogens with one attached hydrogen (secondary N) is 1. The lowest BCUT2D eigenvalue weighted by molar-refractivity contribution is -0.124. The standard InChI is InChI=1S/C20H14F3NO3S/c21-14-5-3-12(4-6-14)19(17-2-1-7-28-17)24-18(25)11-27-20(26)13-8-15(22)10-16(23)9-13/h1-10,19H,11H2,(H,24,25). The molecule has 0 saturated carbocycles. The molecule has 0 radical (unpaired) electrons. The normalized spacial score (nSPS) is 11.7. The Labute approximate surface area is 162 Å². The minimum Gasteiger partial charge on any atom is -0.452 e. The van der Waals surface area contributed by atoms with Crippen LogP contribution in [-0.2, 0) is 9.53 Å². The Hall–Kier alpha value is -3.13. The molecule has 1 unspecified atom stereocenters. The SMILES string of the molecule is O=C(COC(=O)c1cc(F)cc(F)c1)NC(c1ccc(F)cc1)c1cccs1. The summed E-state index contributed by atoms with van der Waals surface area (Å²) in [5, 5.41) is 4.54. The number of hydrogen-bond donors (Lipinski definition) is 1. The van der Waals surface area contributed by atoms with Crippen molar-refractivity contribution in [1.29, 1.82) is 0 Å². The van der Waals surface area contributed by atoms with Gasteiger partial charge >= 0.3 is 5.97 Å². The predicted molar refractivity (Wildman–Crippen MR) is 97.3 cm³/mol. The van der Waals surface area contributed by atoms with E-state index in [4.69, 9.17) is 4.74 Å². The molecule has 1 amide bonds. The van der Waals surface area contributed by atoms with E-state index in [0.717, 1.165) is 17.0 Å². The predicted octanol–water partition coefficient (Wildman–Crippen LogP) is 4.23. The first-order chi connectivity index (χ1) is 13.4. The van der Waals surface area contributed by atoms with Gasteiger partial charge in [-0.1, -0.05) is 18.2 Å². The molecule has 4 nitrogen and oxygen atoms in total. The zero-order valence-electron chi connectivity index (χ0n) is 14.3. The van der Waals surface area contributed by atoms with Crippen LogP contribution in [0.5, 0.6) is 0 Å². The van der Waals surface area contributed by atoms with E-state index in [1.807, 2.05) is 5.38 Å². The summed E-state index contributed by atoms with van der Waals surface area (Å²) in [5.41, 5.74) is 0.314. The number of carbonyl (C=O) groups excluding carboxylic acids is 2. The van der Waals surface area contributed by atoms with Gasteiger partial charge in [0.05, 0.1) is 11.6 Å². The van der Waals surface area contributed by atoms with Gasteiger partial charge in [0.1, 0.15) is 17.5 Å². The van der Waals surface area contributed by atoms with E-state index in [1.54, 1.807) is 24.3 Å². The van der Waals surface area contributed by atoms with Crippen LogP contribution in [0, 0.1) is 17.5 Å². The molecule has 28 heavy (non-hydrogen) atoms. The van der Waals surface area contributed by atoms with Crippen molar-refractivity contribution in [2.75, 3.05) is 6.61 Å². The average Bonchev–Trinajstić information content (AvgIpc) is 3.18. The number of halogens is 3. The molecule has 1 aromatic heterocycles. The number of esters is 1. The van der Waals surface area contributed by atoms with Crippen molar-refractivity contribution < 1.29 is 27.5 Å². The number of carbonyl (C=O) groups is 2. The van der Waals surface area contributed by atoms with E-state index in [9.17, 15) is 22.8 Å². The summed E-state index contributed by atoms with van der Waals surface area (Å²) >= 11 is 1.40. The summed E-state index contributed by atoms with van der Waals surface area (Å²) in [7, 11) is 0. The Morgan fingerprint density at radius 1 is 0.964 bits per heavy atom. The summed E-state index contributed by atoms with van der Waals surface area (Å²) in [6.45, 7) is -0.639. The van der Waals surface area contributed by atoms with Crippen LogP contribution < -0.4 is 5.32 Å². The molecule has 0 saturated heterocycles. The Kier molecular flexibility index (Phi) is 6.10. The molecule has 0 aliphatic rings. The zero-order valence-corrected chi connectivity index (χ0v) is 15.1. The fourth-order valence-electron chi connectivity index (χ4n) is 2.52. The topological polar surface area (TPSA) is 55.4 Å². The lowest BCUT2D eigenvalue weighted by Gasteiger charge is -2.18. The third-order valence-electron chi connectivity index (χ3n) is 3.77. The second kappa shape index (κ2) is 8.71. The number of thiophene rings is 1. The smallest absolute Gasteiger partial charge is 0.338 e. The number of hydrogen-bond acceptors (Lipinski definition) is 4. The molecule has 1 heterocycles. The summed E-state index contributed by atoms with van der Waals surface area (Å²) in [6.07, 6.45) is 0. The van der Waals surface area contributed by atoms with E-state index in [1.165, 1.54) is 23.5 Å². The van der Waals surface area contributed by atoms with Crippen LogP contribution in [0.4, 0.5) is 13.2 Å². The Bertz CT molecular complexity index is 955. The van der Waals surface area contributed by atoms with Crippen molar-refractivity contribution in [2.45, 2.75) is 6.04 Å². The number of rotatable bonds is 6. The first-order valence-corrected chi connectivity index (χ1v) is 9.02. The Balaban J connectivity index is 1.67. The molecule has 0 aliphatic carbocycles. The van der Waals surface area contributed by atoms with Crippen molar-refractivity contribution >= 4 is 23.2 Å². The quantitative estimate of drug-likeness (QED) is 0.625. The van der Waals surface area contributed by atoms with E-state index < -0.39 is 42.0 Å². The molecule has 0 aliphatic heterocycles. The summed E-state index contributed by atoms with van der Waals surface area (Å²) in [4.78, 5) is 25.0. The maximum absolute atomic E-state index is 13.2. The maximum Gasteiger partial charge on any atom is 0.338 e. The van der Waals surface area contributed by atoms with Crippen molar-refractivity contribution in [3.05, 3.63) is 93.4 Å². The molecular weight excluding hydrogens is 391 g/mol. The molecule has 0 spiro atoms. The molecule has 1 N–H and O–H groups in total. The minimum absolute atomic E-state index is 0.335. The Morgan fingerprint density at radius 3 is 2.25 bits per heavy atom. The number of ether oxygens (including phenoxy) is 1. The van der Waals surface area contributed by atoms with E-state index >= 15 is 0 Å². The first kappa shape index (κ1) is 19.6. The molecule has 0 bridgehead atoms. The van der Waals surface area contributed by atoms with Crippen LogP contribution in [0.15, 0.2) is 60.0 Å². The van der Waals surface area contributed by atoms with Crippen LogP contribution in [0.3, 0.4) is 0 Å². The second-order valence-electron chi connectivity index (χ2n) is 5.80. The highest BCUT2D eigenvalue weighted by molar-refractivity contribution is 7.10. The van der Waals surface area contributed by atoms with Crippen LogP contribution in [0.1, 0.15) is 26.8 Å². The van der Waals surface area contributed by atoms with Gasteiger partial charge in [0.25, 0.3) is 5.91 Å². The lowest BCUT2D eigenvalue weighted by Crippen LogP contribution is -2.32. The highest BCUT2D eigenvalue weighted by atomic mass is 32.1. The van der Waals surface area contributed by atoms with Crippen LogP contribution in [0.25, 0.3) is 0 Å². The summed E-state index contributed by atoms with van der Waals surface area (Å²) < 4.78 is 44.4. The molecular formula is C20H14F3NO3S. The maximum atomic E-state index is 13.2. The molecule has 144 valence electrons. The van der Waals surface area contributed by atoms with Gasteiger partial charge in [0.15, 0.2) is 6.61 Å². The third-order valence-corrected chi connectivity index (χ3v) is 4.71. The lowest BCUT2D eigenvalue weighted by atomic mass is 10.1. The zero-order chi connectivity index (χ0) is 20.1. The van der Waals surface area contributed by atoms with Crippen molar-refractivity contribution in [2.24, 2.45) is 0 Å². The van der Waals surface area contributed by atoms with Gasteiger partial charge in [0.2, 0.25) is 0 Å². The van der Waals surface area contributed by atoms with Crippen LogP contribution in [-0.4, -0.2) is 18.5 Å².